The van der Waals surface area contributed by atoms with Crippen molar-refractivity contribution in [3.63, 3.8) is 0 Å². The van der Waals surface area contributed by atoms with Crippen molar-refractivity contribution >= 4 is 29.5 Å². The Morgan fingerprint density at radius 3 is 2.45 bits per heavy atom. The topological polar surface area (TPSA) is 75.7 Å². The molecule has 0 saturated carbocycles. The van der Waals surface area contributed by atoms with Gasteiger partial charge in [0.2, 0.25) is 5.91 Å². The number of ether oxygens (including phenoxy) is 1. The van der Waals surface area contributed by atoms with Crippen LogP contribution in [0.1, 0.15) is 5.56 Å². The predicted molar refractivity (Wildman–Crippen MR) is 85.3 cm³/mol. The lowest BCUT2D eigenvalue weighted by molar-refractivity contribution is -0.145. The van der Waals surface area contributed by atoms with E-state index in [-0.39, 0.29) is 29.9 Å². The van der Waals surface area contributed by atoms with Gasteiger partial charge in [0.05, 0.1) is 11.5 Å². The van der Waals surface area contributed by atoms with Crippen molar-refractivity contribution in [1.82, 2.24) is 10.2 Å². The van der Waals surface area contributed by atoms with Crippen molar-refractivity contribution < 1.29 is 19.1 Å². The summed E-state index contributed by atoms with van der Waals surface area (Å²) in [5.74, 6) is -0.676. The Morgan fingerprint density at radius 1 is 1.14 bits per heavy atom. The van der Waals surface area contributed by atoms with Crippen LogP contribution in [0.4, 0.5) is 0 Å². The van der Waals surface area contributed by atoms with Gasteiger partial charge < -0.3 is 15.0 Å². The fraction of sp³-hybridized carbons (Fsp3) is 0.400. The Morgan fingerprint density at radius 2 is 1.82 bits per heavy atom. The van der Waals surface area contributed by atoms with E-state index >= 15 is 0 Å². The molecule has 0 aliphatic heterocycles. The van der Waals surface area contributed by atoms with E-state index in [1.165, 1.54) is 4.90 Å². The number of benzene rings is 1. The number of amides is 2. The molecular weight excluding hydrogens is 304 g/mol. The van der Waals surface area contributed by atoms with Crippen LogP contribution in [-0.4, -0.2) is 54.9 Å². The molecule has 0 atom stereocenters. The molecule has 0 unspecified atom stereocenters. The van der Waals surface area contributed by atoms with Crippen molar-refractivity contribution in [1.29, 1.82) is 0 Å². The highest BCUT2D eigenvalue weighted by Gasteiger charge is 2.10. The highest BCUT2D eigenvalue weighted by Crippen LogP contribution is 2.02. The SMILES string of the molecule is CN(C)C(=O)CSCC(=O)OCC(=O)NCc1ccccc1. The molecular formula is C15H20N2O4S. The van der Waals surface area contributed by atoms with Crippen LogP contribution in [0.5, 0.6) is 0 Å². The fourth-order valence-corrected chi connectivity index (χ4v) is 2.17. The maximum Gasteiger partial charge on any atom is 0.316 e. The number of esters is 1. The van der Waals surface area contributed by atoms with Gasteiger partial charge in [-0.15, -0.1) is 11.8 Å². The van der Waals surface area contributed by atoms with Gasteiger partial charge in [-0.25, -0.2) is 0 Å². The largest absolute Gasteiger partial charge is 0.455 e. The molecule has 0 aliphatic rings. The molecule has 0 aromatic heterocycles. The van der Waals surface area contributed by atoms with Crippen LogP contribution in [0, 0.1) is 0 Å². The molecule has 0 bridgehead atoms. The average Bonchev–Trinajstić information content (AvgIpc) is 2.51. The predicted octanol–water partition coefficient (Wildman–Crippen LogP) is 0.667. The second-order valence-corrected chi connectivity index (χ2v) is 5.69. The third-order valence-corrected chi connectivity index (χ3v) is 3.53. The molecule has 1 rings (SSSR count). The Balaban J connectivity index is 2.13. The lowest BCUT2D eigenvalue weighted by Crippen LogP contribution is -2.29. The van der Waals surface area contributed by atoms with Crippen molar-refractivity contribution in [3.05, 3.63) is 35.9 Å². The molecule has 22 heavy (non-hydrogen) atoms. The first-order valence-corrected chi connectivity index (χ1v) is 7.88. The number of nitrogens with zero attached hydrogens (tertiary/aromatic N) is 1. The summed E-state index contributed by atoms with van der Waals surface area (Å²) in [5, 5.41) is 2.66. The van der Waals surface area contributed by atoms with Gasteiger partial charge in [-0.2, -0.15) is 0 Å². The Labute approximate surface area is 134 Å². The number of hydrogen-bond donors (Lipinski definition) is 1. The highest BCUT2D eigenvalue weighted by atomic mass is 32.2. The molecule has 0 heterocycles. The lowest BCUT2D eigenvalue weighted by atomic mass is 10.2. The van der Waals surface area contributed by atoms with E-state index in [9.17, 15) is 14.4 Å². The molecule has 1 aromatic carbocycles. The number of thioether (sulfide) groups is 1. The number of carbonyl (C=O) groups excluding carboxylic acids is 3. The summed E-state index contributed by atoms with van der Waals surface area (Å²) in [4.78, 5) is 35.7. The minimum atomic E-state index is -0.508. The van der Waals surface area contributed by atoms with Gasteiger partial charge in [-0.05, 0) is 5.56 Å². The van der Waals surface area contributed by atoms with E-state index < -0.39 is 5.97 Å². The number of carbonyl (C=O) groups is 3. The minimum Gasteiger partial charge on any atom is -0.455 e. The van der Waals surface area contributed by atoms with E-state index in [1.54, 1.807) is 14.1 Å². The summed E-state index contributed by atoms with van der Waals surface area (Å²) in [6.45, 7) is 0.0805. The van der Waals surface area contributed by atoms with Crippen molar-refractivity contribution in [3.8, 4) is 0 Å². The van der Waals surface area contributed by atoms with Crippen LogP contribution in [0.3, 0.4) is 0 Å². The van der Waals surface area contributed by atoms with Crippen LogP contribution >= 0.6 is 11.8 Å². The van der Waals surface area contributed by atoms with Gasteiger partial charge in [0.15, 0.2) is 6.61 Å². The molecule has 0 aliphatic carbocycles. The summed E-state index contributed by atoms with van der Waals surface area (Å²) in [7, 11) is 3.30. The molecule has 2 amide bonds. The van der Waals surface area contributed by atoms with Gasteiger partial charge in [-0.1, -0.05) is 30.3 Å². The average molecular weight is 324 g/mol. The second kappa shape index (κ2) is 9.83. The van der Waals surface area contributed by atoms with Crippen LogP contribution < -0.4 is 5.32 Å². The first-order chi connectivity index (χ1) is 10.5. The molecule has 0 spiro atoms. The van der Waals surface area contributed by atoms with Crippen LogP contribution in [0.25, 0.3) is 0 Å². The zero-order valence-corrected chi connectivity index (χ0v) is 13.5. The standard InChI is InChI=1S/C15H20N2O4S/c1-17(2)14(19)10-22-11-15(20)21-9-13(18)16-8-12-6-4-3-5-7-12/h3-7H,8-11H2,1-2H3,(H,16,18). The molecule has 6 nitrogen and oxygen atoms in total. The third-order valence-electron chi connectivity index (χ3n) is 2.64. The third kappa shape index (κ3) is 7.68. The summed E-state index contributed by atoms with van der Waals surface area (Å²) in [5.41, 5.74) is 0.972. The maximum absolute atomic E-state index is 11.5. The van der Waals surface area contributed by atoms with Crippen LogP contribution in [-0.2, 0) is 25.7 Å². The summed E-state index contributed by atoms with van der Waals surface area (Å²) in [6, 6.07) is 9.45. The van der Waals surface area contributed by atoms with Gasteiger partial charge in [0.25, 0.3) is 5.91 Å². The van der Waals surface area contributed by atoms with E-state index in [0.717, 1.165) is 17.3 Å². The molecule has 7 heteroatoms. The summed E-state index contributed by atoms with van der Waals surface area (Å²) < 4.78 is 4.84. The first kappa shape index (κ1) is 18.0. The normalized spacial score (nSPS) is 9.91. The smallest absolute Gasteiger partial charge is 0.316 e. The Hall–Kier alpha value is -2.02. The zero-order valence-electron chi connectivity index (χ0n) is 12.7. The van der Waals surface area contributed by atoms with E-state index in [4.69, 9.17) is 4.74 Å². The van der Waals surface area contributed by atoms with E-state index in [0.29, 0.717) is 6.54 Å². The number of rotatable bonds is 8. The quantitative estimate of drug-likeness (QED) is 0.711. The number of hydrogen-bond acceptors (Lipinski definition) is 5. The first-order valence-electron chi connectivity index (χ1n) is 6.73. The summed E-state index contributed by atoms with van der Waals surface area (Å²) >= 11 is 1.16. The molecule has 0 saturated heterocycles. The minimum absolute atomic E-state index is 0.0472. The molecule has 0 radical (unpaired) electrons. The maximum atomic E-state index is 11.5. The van der Waals surface area contributed by atoms with Crippen LogP contribution in [0.15, 0.2) is 30.3 Å². The Kier molecular flexibility index (Phi) is 8.06. The van der Waals surface area contributed by atoms with Crippen molar-refractivity contribution in [2.75, 3.05) is 32.2 Å². The second-order valence-electron chi connectivity index (χ2n) is 4.70. The summed E-state index contributed by atoms with van der Waals surface area (Å²) in [6.07, 6.45) is 0. The van der Waals surface area contributed by atoms with Gasteiger partial charge in [0.1, 0.15) is 0 Å². The monoisotopic (exact) mass is 324 g/mol. The molecule has 0 fully saturated rings. The fourth-order valence-electron chi connectivity index (χ4n) is 1.39. The molecule has 1 aromatic rings. The van der Waals surface area contributed by atoms with Gasteiger partial charge in [0, 0.05) is 20.6 Å². The Bertz CT molecular complexity index is 506. The zero-order chi connectivity index (χ0) is 16.4. The van der Waals surface area contributed by atoms with Crippen molar-refractivity contribution in [2.24, 2.45) is 0 Å². The molecule has 120 valence electrons. The lowest BCUT2D eigenvalue weighted by Gasteiger charge is -2.09. The number of nitrogens with one attached hydrogen (secondary N) is 1. The van der Waals surface area contributed by atoms with Crippen LogP contribution in [0.2, 0.25) is 0 Å². The van der Waals surface area contributed by atoms with E-state index in [2.05, 4.69) is 5.32 Å². The van der Waals surface area contributed by atoms with Gasteiger partial charge in [-0.3, -0.25) is 14.4 Å². The van der Waals surface area contributed by atoms with Crippen molar-refractivity contribution in [2.45, 2.75) is 6.54 Å². The highest BCUT2D eigenvalue weighted by molar-refractivity contribution is 8.00. The molecule has 1 N–H and O–H groups in total. The van der Waals surface area contributed by atoms with Gasteiger partial charge >= 0.3 is 5.97 Å². The van der Waals surface area contributed by atoms with E-state index in [1.807, 2.05) is 30.3 Å².